The molecule has 2 rings (SSSR count). The Morgan fingerprint density at radius 3 is 2.86 bits per heavy atom. The van der Waals surface area contributed by atoms with E-state index in [1.807, 2.05) is 0 Å². The summed E-state index contributed by atoms with van der Waals surface area (Å²) < 4.78 is 6.73. The number of halogens is 1. The number of hydrogen-bond donors (Lipinski definition) is 2. The Kier molecular flexibility index (Phi) is 4.73. The maximum Gasteiger partial charge on any atom is 0.255 e. The number of ether oxygens (including phenoxy) is 1. The molecule has 0 saturated heterocycles. The Morgan fingerprint density at radius 1 is 1.55 bits per heavy atom. The Balaban J connectivity index is 2.11. The molecule has 0 aliphatic heterocycles. The van der Waals surface area contributed by atoms with Crippen LogP contribution >= 0.6 is 11.6 Å². The summed E-state index contributed by atoms with van der Waals surface area (Å²) in [4.78, 5) is 12.3. The first kappa shape index (κ1) is 16.3. The van der Waals surface area contributed by atoms with Crippen LogP contribution in [-0.4, -0.2) is 34.4 Å². The summed E-state index contributed by atoms with van der Waals surface area (Å²) in [5, 5.41) is 17.6. The lowest BCUT2D eigenvalue weighted by Crippen LogP contribution is -2.38. The van der Waals surface area contributed by atoms with Crippen molar-refractivity contribution in [1.82, 2.24) is 15.1 Å². The first-order chi connectivity index (χ1) is 10.3. The van der Waals surface area contributed by atoms with E-state index in [-0.39, 0.29) is 12.5 Å². The summed E-state index contributed by atoms with van der Waals surface area (Å²) in [7, 11) is 3.24. The van der Waals surface area contributed by atoms with Gasteiger partial charge in [-0.25, -0.2) is 0 Å². The van der Waals surface area contributed by atoms with Gasteiger partial charge >= 0.3 is 0 Å². The Bertz CT molecular complexity index is 682. The number of nitrogens with zero attached hydrogens (tertiary/aromatic N) is 2. The van der Waals surface area contributed by atoms with Gasteiger partial charge in [-0.3, -0.25) is 9.48 Å². The summed E-state index contributed by atoms with van der Waals surface area (Å²) >= 11 is 5.91. The number of methoxy groups -OCH3 is 1. The maximum atomic E-state index is 12.3. The number of hydrogen-bond acceptors (Lipinski definition) is 4. The Hall–Kier alpha value is -2.05. The van der Waals surface area contributed by atoms with E-state index in [4.69, 9.17) is 16.3 Å². The van der Waals surface area contributed by atoms with Crippen molar-refractivity contribution in [3.63, 3.8) is 0 Å². The van der Waals surface area contributed by atoms with E-state index >= 15 is 0 Å². The minimum absolute atomic E-state index is 0.0349. The van der Waals surface area contributed by atoms with Gasteiger partial charge in [0.1, 0.15) is 11.4 Å². The Morgan fingerprint density at radius 2 is 2.27 bits per heavy atom. The molecule has 1 amide bonds. The van der Waals surface area contributed by atoms with E-state index < -0.39 is 5.60 Å². The van der Waals surface area contributed by atoms with Gasteiger partial charge < -0.3 is 15.2 Å². The third-order valence-corrected chi connectivity index (χ3v) is 3.56. The fourth-order valence-electron chi connectivity index (χ4n) is 2.01. The van der Waals surface area contributed by atoms with Crippen molar-refractivity contribution in [2.24, 2.45) is 7.05 Å². The van der Waals surface area contributed by atoms with Crippen LogP contribution in [0.4, 0.5) is 0 Å². The van der Waals surface area contributed by atoms with Gasteiger partial charge in [-0.05, 0) is 25.1 Å². The monoisotopic (exact) mass is 323 g/mol. The van der Waals surface area contributed by atoms with Gasteiger partial charge in [0.2, 0.25) is 0 Å². The van der Waals surface area contributed by atoms with Gasteiger partial charge in [-0.2, -0.15) is 5.10 Å². The van der Waals surface area contributed by atoms with Crippen LogP contribution in [0.25, 0.3) is 0 Å². The second kappa shape index (κ2) is 6.37. The molecule has 1 unspecified atom stereocenters. The molecule has 0 fully saturated rings. The number of benzene rings is 1. The molecule has 0 aliphatic rings. The number of carbonyl (C=O) groups excluding carboxylic acids is 1. The summed E-state index contributed by atoms with van der Waals surface area (Å²) in [6.45, 7) is 1.65. The number of carbonyl (C=O) groups is 1. The van der Waals surface area contributed by atoms with Crippen LogP contribution in [0.15, 0.2) is 30.6 Å². The normalized spacial score (nSPS) is 13.5. The quantitative estimate of drug-likeness (QED) is 0.878. The number of rotatable bonds is 5. The lowest BCUT2D eigenvalue weighted by Gasteiger charge is -2.22. The summed E-state index contributed by atoms with van der Waals surface area (Å²) in [5.74, 6) is 0.0476. The molecule has 0 spiro atoms. The predicted molar refractivity (Wildman–Crippen MR) is 83.1 cm³/mol. The smallest absolute Gasteiger partial charge is 0.255 e. The molecule has 1 aromatic heterocycles. The SMILES string of the molecule is COc1ccc(Cl)cc1C(=O)NCC(C)(O)c1cnn(C)c1. The molecule has 7 heteroatoms. The van der Waals surface area contributed by atoms with Crippen LogP contribution in [0.3, 0.4) is 0 Å². The van der Waals surface area contributed by atoms with Crippen molar-refractivity contribution < 1.29 is 14.6 Å². The molecule has 2 N–H and O–H groups in total. The Labute approximate surface area is 133 Å². The highest BCUT2D eigenvalue weighted by molar-refractivity contribution is 6.31. The van der Waals surface area contributed by atoms with E-state index in [0.29, 0.717) is 21.9 Å². The fourth-order valence-corrected chi connectivity index (χ4v) is 2.18. The molecule has 1 aromatic carbocycles. The zero-order valence-electron chi connectivity index (χ0n) is 12.6. The average Bonchev–Trinajstić information content (AvgIpc) is 2.92. The minimum Gasteiger partial charge on any atom is -0.496 e. The summed E-state index contributed by atoms with van der Waals surface area (Å²) in [6.07, 6.45) is 3.26. The number of nitrogens with one attached hydrogen (secondary N) is 1. The third-order valence-electron chi connectivity index (χ3n) is 3.33. The van der Waals surface area contributed by atoms with E-state index in [9.17, 15) is 9.90 Å². The largest absolute Gasteiger partial charge is 0.496 e. The van der Waals surface area contributed by atoms with Crippen molar-refractivity contribution in [3.05, 3.63) is 46.7 Å². The zero-order chi connectivity index (χ0) is 16.3. The van der Waals surface area contributed by atoms with Gasteiger partial charge in [0, 0.05) is 23.8 Å². The minimum atomic E-state index is -1.23. The second-order valence-electron chi connectivity index (χ2n) is 5.20. The molecule has 0 radical (unpaired) electrons. The lowest BCUT2D eigenvalue weighted by atomic mass is 9.99. The molecular formula is C15H18ClN3O3. The maximum absolute atomic E-state index is 12.3. The molecule has 1 heterocycles. The highest BCUT2D eigenvalue weighted by atomic mass is 35.5. The van der Waals surface area contributed by atoms with E-state index in [1.165, 1.54) is 13.2 Å². The molecule has 118 valence electrons. The predicted octanol–water partition coefficient (Wildman–Crippen LogP) is 1.72. The fraction of sp³-hybridized carbons (Fsp3) is 0.333. The van der Waals surface area contributed by atoms with Crippen molar-refractivity contribution in [1.29, 1.82) is 0 Å². The van der Waals surface area contributed by atoms with E-state index in [1.54, 1.807) is 43.2 Å². The number of aromatic nitrogens is 2. The highest BCUT2D eigenvalue weighted by Crippen LogP contribution is 2.23. The van der Waals surface area contributed by atoms with Crippen LogP contribution in [0.1, 0.15) is 22.8 Å². The first-order valence-electron chi connectivity index (χ1n) is 6.67. The van der Waals surface area contributed by atoms with Crippen LogP contribution in [-0.2, 0) is 12.6 Å². The van der Waals surface area contributed by atoms with Crippen LogP contribution in [0.5, 0.6) is 5.75 Å². The van der Waals surface area contributed by atoms with Crippen LogP contribution in [0.2, 0.25) is 5.02 Å². The van der Waals surface area contributed by atoms with Gasteiger partial charge in [-0.1, -0.05) is 11.6 Å². The highest BCUT2D eigenvalue weighted by Gasteiger charge is 2.26. The van der Waals surface area contributed by atoms with Crippen molar-refractivity contribution in [2.75, 3.05) is 13.7 Å². The first-order valence-corrected chi connectivity index (χ1v) is 7.04. The number of aliphatic hydroxyl groups is 1. The van der Waals surface area contributed by atoms with Gasteiger partial charge in [0.15, 0.2) is 0 Å². The second-order valence-corrected chi connectivity index (χ2v) is 5.64. The van der Waals surface area contributed by atoms with Crippen molar-refractivity contribution in [3.8, 4) is 5.75 Å². The molecule has 0 aliphatic carbocycles. The standard InChI is InChI=1S/C15H18ClN3O3/c1-15(21,10-7-18-19(2)8-10)9-17-14(20)12-6-11(16)4-5-13(12)22-3/h4-8,21H,9H2,1-3H3,(H,17,20). The zero-order valence-corrected chi connectivity index (χ0v) is 13.4. The number of amides is 1. The summed E-state index contributed by atoms with van der Waals surface area (Å²) in [6, 6.07) is 4.79. The van der Waals surface area contributed by atoms with E-state index in [0.717, 1.165) is 0 Å². The molecule has 0 saturated carbocycles. The molecule has 2 aromatic rings. The molecule has 0 bridgehead atoms. The van der Waals surface area contributed by atoms with E-state index in [2.05, 4.69) is 10.4 Å². The van der Waals surface area contributed by atoms with Gasteiger partial charge in [0.05, 0.1) is 25.4 Å². The summed E-state index contributed by atoms with van der Waals surface area (Å²) in [5.41, 5.74) is -0.291. The number of aryl methyl sites for hydroxylation is 1. The van der Waals surface area contributed by atoms with Crippen molar-refractivity contribution in [2.45, 2.75) is 12.5 Å². The topological polar surface area (TPSA) is 76.4 Å². The molecule has 6 nitrogen and oxygen atoms in total. The molecular weight excluding hydrogens is 306 g/mol. The molecule has 22 heavy (non-hydrogen) atoms. The third kappa shape index (κ3) is 3.58. The van der Waals surface area contributed by atoms with Gasteiger partial charge in [-0.15, -0.1) is 0 Å². The average molecular weight is 324 g/mol. The van der Waals surface area contributed by atoms with Crippen LogP contribution in [0, 0.1) is 0 Å². The molecule has 1 atom stereocenters. The lowest BCUT2D eigenvalue weighted by molar-refractivity contribution is 0.0525. The van der Waals surface area contributed by atoms with Gasteiger partial charge in [0.25, 0.3) is 5.91 Å². The van der Waals surface area contributed by atoms with Crippen molar-refractivity contribution >= 4 is 17.5 Å². The van der Waals surface area contributed by atoms with Crippen LogP contribution < -0.4 is 10.1 Å².